The third-order valence-corrected chi connectivity index (χ3v) is 4.44. The molecule has 0 spiro atoms. The van der Waals surface area contributed by atoms with E-state index in [0.717, 1.165) is 24.8 Å². The van der Waals surface area contributed by atoms with Gasteiger partial charge < -0.3 is 10.4 Å². The lowest BCUT2D eigenvalue weighted by Gasteiger charge is -2.32. The molecule has 0 radical (unpaired) electrons. The largest absolute Gasteiger partial charge is 0.392 e. The number of rotatable bonds is 3. The molecule has 2 unspecified atom stereocenters. The van der Waals surface area contributed by atoms with Crippen LogP contribution in [0.1, 0.15) is 58.3 Å². The van der Waals surface area contributed by atoms with Gasteiger partial charge >= 0.3 is 0 Å². The highest BCUT2D eigenvalue weighted by molar-refractivity contribution is 4.82. The van der Waals surface area contributed by atoms with Gasteiger partial charge in [0.25, 0.3) is 0 Å². The average molecular weight is 225 g/mol. The molecule has 0 saturated heterocycles. The molecule has 2 fully saturated rings. The monoisotopic (exact) mass is 225 g/mol. The van der Waals surface area contributed by atoms with Crippen LogP contribution in [0.2, 0.25) is 0 Å². The molecule has 4 atom stereocenters. The summed E-state index contributed by atoms with van der Waals surface area (Å²) in [4.78, 5) is 0. The van der Waals surface area contributed by atoms with Crippen molar-refractivity contribution in [3.05, 3.63) is 0 Å². The zero-order valence-corrected chi connectivity index (χ0v) is 10.6. The van der Waals surface area contributed by atoms with E-state index in [9.17, 15) is 5.11 Å². The maximum Gasteiger partial charge on any atom is 0.0693 e. The lowest BCUT2D eigenvalue weighted by Crippen LogP contribution is -2.44. The van der Waals surface area contributed by atoms with Crippen LogP contribution in [0.25, 0.3) is 0 Å². The summed E-state index contributed by atoms with van der Waals surface area (Å²) in [6.45, 7) is 3.51. The molecule has 2 heteroatoms. The first-order valence-electron chi connectivity index (χ1n) is 7.17. The average Bonchev–Trinajstić information content (AvgIpc) is 2.28. The quantitative estimate of drug-likeness (QED) is 0.774. The molecule has 0 aromatic rings. The van der Waals surface area contributed by atoms with Crippen molar-refractivity contribution in [1.82, 2.24) is 5.32 Å². The van der Waals surface area contributed by atoms with Crippen LogP contribution in [0.5, 0.6) is 0 Å². The smallest absolute Gasteiger partial charge is 0.0693 e. The SMILES string of the molecule is CC1CCCC(CN[C@@H]2CCCC[C@H]2O)C1. The Morgan fingerprint density at radius 3 is 2.62 bits per heavy atom. The third kappa shape index (κ3) is 3.46. The molecular weight excluding hydrogens is 198 g/mol. The van der Waals surface area contributed by atoms with E-state index in [1.165, 1.54) is 44.9 Å². The Balaban J connectivity index is 1.69. The maximum absolute atomic E-state index is 9.89. The molecule has 94 valence electrons. The van der Waals surface area contributed by atoms with Crippen LogP contribution in [-0.2, 0) is 0 Å². The molecule has 0 aromatic carbocycles. The zero-order chi connectivity index (χ0) is 11.4. The van der Waals surface area contributed by atoms with Crippen molar-refractivity contribution in [2.24, 2.45) is 11.8 Å². The predicted molar refractivity (Wildman–Crippen MR) is 67.4 cm³/mol. The second kappa shape index (κ2) is 6.02. The van der Waals surface area contributed by atoms with Crippen LogP contribution in [0.3, 0.4) is 0 Å². The molecule has 2 aliphatic carbocycles. The molecular formula is C14H27NO. The summed E-state index contributed by atoms with van der Waals surface area (Å²) in [6, 6.07) is 0.381. The van der Waals surface area contributed by atoms with Gasteiger partial charge in [0.15, 0.2) is 0 Å². The highest BCUT2D eigenvalue weighted by Crippen LogP contribution is 2.28. The van der Waals surface area contributed by atoms with E-state index < -0.39 is 0 Å². The minimum atomic E-state index is -0.0882. The first-order chi connectivity index (χ1) is 7.75. The standard InChI is InChI=1S/C14H27NO/c1-11-5-4-6-12(9-11)10-15-13-7-2-3-8-14(13)16/h11-16H,2-10H2,1H3/t11?,12?,13-,14-/m1/s1. The minimum absolute atomic E-state index is 0.0882. The highest BCUT2D eigenvalue weighted by Gasteiger charge is 2.24. The first-order valence-corrected chi connectivity index (χ1v) is 7.17. The van der Waals surface area contributed by atoms with E-state index in [0.29, 0.717) is 6.04 Å². The van der Waals surface area contributed by atoms with Gasteiger partial charge in [-0.25, -0.2) is 0 Å². The predicted octanol–water partition coefficient (Wildman–Crippen LogP) is 2.71. The molecule has 2 N–H and O–H groups in total. The molecule has 0 amide bonds. The van der Waals surface area contributed by atoms with Crippen LogP contribution < -0.4 is 5.32 Å². The number of aliphatic hydroxyl groups is 1. The van der Waals surface area contributed by atoms with Crippen molar-refractivity contribution in [3.63, 3.8) is 0 Å². The van der Waals surface area contributed by atoms with Gasteiger partial charge in [0.2, 0.25) is 0 Å². The van der Waals surface area contributed by atoms with Crippen molar-refractivity contribution in [1.29, 1.82) is 0 Å². The Kier molecular flexibility index (Phi) is 4.66. The van der Waals surface area contributed by atoms with Gasteiger partial charge in [-0.3, -0.25) is 0 Å². The van der Waals surface area contributed by atoms with E-state index in [1.54, 1.807) is 0 Å². The summed E-state index contributed by atoms with van der Waals surface area (Å²) in [5.74, 6) is 1.77. The van der Waals surface area contributed by atoms with Gasteiger partial charge in [0, 0.05) is 6.04 Å². The van der Waals surface area contributed by atoms with Gasteiger partial charge in [-0.05, 0) is 44.1 Å². The molecule has 16 heavy (non-hydrogen) atoms. The molecule has 2 nitrogen and oxygen atoms in total. The molecule has 2 aliphatic rings. The number of aliphatic hydroxyl groups excluding tert-OH is 1. The Bertz CT molecular complexity index is 207. The van der Waals surface area contributed by atoms with Crippen molar-refractivity contribution in [2.45, 2.75) is 70.4 Å². The molecule has 0 aromatic heterocycles. The van der Waals surface area contributed by atoms with E-state index >= 15 is 0 Å². The number of hydrogen-bond acceptors (Lipinski definition) is 2. The van der Waals surface area contributed by atoms with E-state index in [2.05, 4.69) is 12.2 Å². The molecule has 0 bridgehead atoms. The second-order valence-corrected chi connectivity index (χ2v) is 6.00. The van der Waals surface area contributed by atoms with Crippen LogP contribution in [0.4, 0.5) is 0 Å². The zero-order valence-electron chi connectivity index (χ0n) is 10.6. The van der Waals surface area contributed by atoms with Crippen molar-refractivity contribution >= 4 is 0 Å². The Morgan fingerprint density at radius 1 is 1.06 bits per heavy atom. The van der Waals surface area contributed by atoms with Gasteiger partial charge in [0.1, 0.15) is 0 Å². The van der Waals surface area contributed by atoms with Crippen LogP contribution >= 0.6 is 0 Å². The fourth-order valence-electron chi connectivity index (χ4n) is 3.41. The van der Waals surface area contributed by atoms with Gasteiger partial charge in [-0.1, -0.05) is 32.6 Å². The van der Waals surface area contributed by atoms with Gasteiger partial charge in [-0.2, -0.15) is 0 Å². The first kappa shape index (κ1) is 12.4. The molecule has 2 rings (SSSR count). The highest BCUT2D eigenvalue weighted by atomic mass is 16.3. The summed E-state index contributed by atoms with van der Waals surface area (Å²) in [7, 11) is 0. The van der Waals surface area contributed by atoms with E-state index in [-0.39, 0.29) is 6.10 Å². The fraction of sp³-hybridized carbons (Fsp3) is 1.00. The Labute approximate surface area is 99.8 Å². The summed E-state index contributed by atoms with van der Waals surface area (Å²) in [5, 5.41) is 13.5. The summed E-state index contributed by atoms with van der Waals surface area (Å²) in [6.07, 6.45) is 10.2. The topological polar surface area (TPSA) is 32.3 Å². The Hall–Kier alpha value is -0.0800. The van der Waals surface area contributed by atoms with Crippen LogP contribution in [0, 0.1) is 11.8 Å². The van der Waals surface area contributed by atoms with E-state index in [1.807, 2.05) is 0 Å². The normalized spacial score (nSPS) is 40.9. The Morgan fingerprint density at radius 2 is 1.88 bits per heavy atom. The summed E-state index contributed by atoms with van der Waals surface area (Å²) < 4.78 is 0. The molecule has 2 saturated carbocycles. The van der Waals surface area contributed by atoms with Crippen molar-refractivity contribution in [3.8, 4) is 0 Å². The van der Waals surface area contributed by atoms with Crippen molar-refractivity contribution in [2.75, 3.05) is 6.54 Å². The second-order valence-electron chi connectivity index (χ2n) is 6.00. The van der Waals surface area contributed by atoms with Crippen LogP contribution in [0.15, 0.2) is 0 Å². The summed E-state index contributed by atoms with van der Waals surface area (Å²) >= 11 is 0. The van der Waals surface area contributed by atoms with Gasteiger partial charge in [-0.15, -0.1) is 0 Å². The van der Waals surface area contributed by atoms with Crippen molar-refractivity contribution < 1.29 is 5.11 Å². The lowest BCUT2D eigenvalue weighted by atomic mass is 9.82. The van der Waals surface area contributed by atoms with E-state index in [4.69, 9.17) is 0 Å². The molecule has 0 aliphatic heterocycles. The lowest BCUT2D eigenvalue weighted by molar-refractivity contribution is 0.0867. The maximum atomic E-state index is 9.89. The summed E-state index contributed by atoms with van der Waals surface area (Å²) in [5.41, 5.74) is 0. The molecule has 0 heterocycles. The van der Waals surface area contributed by atoms with Crippen LogP contribution in [-0.4, -0.2) is 23.8 Å². The third-order valence-electron chi connectivity index (χ3n) is 4.44. The number of nitrogens with one attached hydrogen (secondary N) is 1. The number of hydrogen-bond donors (Lipinski definition) is 2. The minimum Gasteiger partial charge on any atom is -0.392 e. The van der Waals surface area contributed by atoms with Gasteiger partial charge in [0.05, 0.1) is 6.10 Å². The fourth-order valence-corrected chi connectivity index (χ4v) is 3.41.